The summed E-state index contributed by atoms with van der Waals surface area (Å²) < 4.78 is 12.4. The predicted octanol–water partition coefficient (Wildman–Crippen LogP) is 3.50. The van der Waals surface area contributed by atoms with Crippen LogP contribution in [0.25, 0.3) is 0 Å². The van der Waals surface area contributed by atoms with Crippen LogP contribution in [0.4, 0.5) is 0 Å². The molecule has 0 radical (unpaired) electrons. The van der Waals surface area contributed by atoms with Gasteiger partial charge in [0.05, 0.1) is 13.2 Å². The largest absolute Gasteiger partial charge is 0.490 e. The summed E-state index contributed by atoms with van der Waals surface area (Å²) in [5.41, 5.74) is 1.14. The highest BCUT2D eigenvalue weighted by Crippen LogP contribution is 2.34. The smallest absolute Gasteiger partial charge is 0.162 e. The van der Waals surface area contributed by atoms with Crippen molar-refractivity contribution in [3.05, 3.63) is 22.2 Å². The fraction of sp³-hybridized carbons (Fsp3) is 0.625. The van der Waals surface area contributed by atoms with Crippen LogP contribution in [0.15, 0.2) is 16.6 Å². The minimum Gasteiger partial charge on any atom is -0.490 e. The van der Waals surface area contributed by atoms with Crippen LogP contribution in [-0.2, 0) is 6.54 Å². The molecule has 1 rings (SSSR count). The molecular formula is C16H26BrNO3. The lowest BCUT2D eigenvalue weighted by Gasteiger charge is -2.15. The summed E-state index contributed by atoms with van der Waals surface area (Å²) in [6, 6.07) is 4.00. The molecule has 1 aromatic carbocycles. The molecule has 120 valence electrons. The number of hydrogen-bond donors (Lipinski definition) is 2. The third-order valence-corrected chi connectivity index (χ3v) is 3.69. The Morgan fingerprint density at radius 2 is 1.90 bits per heavy atom. The molecule has 0 aliphatic carbocycles. The van der Waals surface area contributed by atoms with E-state index < -0.39 is 0 Å². The minimum atomic E-state index is 0.253. The summed E-state index contributed by atoms with van der Waals surface area (Å²) in [4.78, 5) is 0. The van der Waals surface area contributed by atoms with Crippen molar-refractivity contribution in [1.82, 2.24) is 5.32 Å². The van der Waals surface area contributed by atoms with Crippen LogP contribution in [0.3, 0.4) is 0 Å². The molecule has 2 N–H and O–H groups in total. The van der Waals surface area contributed by atoms with Crippen molar-refractivity contribution in [3.8, 4) is 11.5 Å². The molecule has 1 aromatic rings. The molecule has 0 fully saturated rings. The van der Waals surface area contributed by atoms with Crippen molar-refractivity contribution in [2.45, 2.75) is 39.7 Å². The Labute approximate surface area is 136 Å². The highest BCUT2D eigenvalue weighted by molar-refractivity contribution is 9.10. The second-order valence-corrected chi connectivity index (χ2v) is 5.63. The van der Waals surface area contributed by atoms with Gasteiger partial charge in [-0.25, -0.2) is 0 Å². The van der Waals surface area contributed by atoms with E-state index in [-0.39, 0.29) is 6.61 Å². The van der Waals surface area contributed by atoms with Crippen molar-refractivity contribution in [2.24, 2.45) is 0 Å². The molecule has 21 heavy (non-hydrogen) atoms. The van der Waals surface area contributed by atoms with E-state index in [1.165, 1.54) is 0 Å². The highest BCUT2D eigenvalue weighted by Gasteiger charge is 2.10. The zero-order valence-corrected chi connectivity index (χ0v) is 14.5. The lowest BCUT2D eigenvalue weighted by atomic mass is 10.2. The highest BCUT2D eigenvalue weighted by atomic mass is 79.9. The number of halogens is 1. The Balaban J connectivity index is 2.68. The SMILES string of the molecule is CCCOc1cc(Br)c(CNCCCCO)cc1OCC. The van der Waals surface area contributed by atoms with Gasteiger partial charge in [0.1, 0.15) is 0 Å². The molecule has 0 spiro atoms. The first kappa shape index (κ1) is 18.3. The maximum atomic E-state index is 8.76. The van der Waals surface area contributed by atoms with E-state index in [2.05, 4.69) is 28.2 Å². The maximum Gasteiger partial charge on any atom is 0.162 e. The van der Waals surface area contributed by atoms with Gasteiger partial charge in [-0.05, 0) is 50.4 Å². The van der Waals surface area contributed by atoms with E-state index in [9.17, 15) is 0 Å². The molecule has 0 aromatic heterocycles. The molecular weight excluding hydrogens is 334 g/mol. The first-order chi connectivity index (χ1) is 10.2. The van der Waals surface area contributed by atoms with Gasteiger partial charge in [0.2, 0.25) is 0 Å². The minimum absolute atomic E-state index is 0.253. The fourth-order valence-corrected chi connectivity index (χ4v) is 2.35. The summed E-state index contributed by atoms with van der Waals surface area (Å²) in [6.45, 7) is 7.27. The van der Waals surface area contributed by atoms with Crippen LogP contribution < -0.4 is 14.8 Å². The van der Waals surface area contributed by atoms with Gasteiger partial charge >= 0.3 is 0 Å². The second-order valence-electron chi connectivity index (χ2n) is 4.78. The van der Waals surface area contributed by atoms with E-state index in [1.54, 1.807) is 0 Å². The number of ether oxygens (including phenoxy) is 2. The number of aliphatic hydroxyl groups excluding tert-OH is 1. The van der Waals surface area contributed by atoms with Crippen molar-refractivity contribution in [1.29, 1.82) is 0 Å². The van der Waals surface area contributed by atoms with Gasteiger partial charge in [-0.1, -0.05) is 22.9 Å². The average Bonchev–Trinajstić information content (AvgIpc) is 2.48. The Kier molecular flexibility index (Phi) is 9.46. The molecule has 0 amide bonds. The summed E-state index contributed by atoms with van der Waals surface area (Å²) in [6.07, 6.45) is 2.78. The lowest BCUT2D eigenvalue weighted by molar-refractivity contribution is 0.276. The molecule has 4 nitrogen and oxygen atoms in total. The molecule has 0 aliphatic rings. The van der Waals surface area contributed by atoms with Crippen LogP contribution in [-0.4, -0.2) is 31.5 Å². The van der Waals surface area contributed by atoms with Gasteiger partial charge in [0.15, 0.2) is 11.5 Å². The van der Waals surface area contributed by atoms with Crippen molar-refractivity contribution >= 4 is 15.9 Å². The van der Waals surface area contributed by atoms with E-state index in [1.807, 2.05) is 19.1 Å². The quantitative estimate of drug-likeness (QED) is 0.593. The van der Waals surface area contributed by atoms with Gasteiger partial charge in [-0.3, -0.25) is 0 Å². The predicted molar refractivity (Wildman–Crippen MR) is 89.1 cm³/mol. The Morgan fingerprint density at radius 3 is 2.57 bits per heavy atom. The Hall–Kier alpha value is -0.780. The van der Waals surface area contributed by atoms with Crippen LogP contribution in [0.1, 0.15) is 38.7 Å². The van der Waals surface area contributed by atoms with Gasteiger partial charge in [0, 0.05) is 17.6 Å². The number of nitrogens with one attached hydrogen (secondary N) is 1. The number of hydrogen-bond acceptors (Lipinski definition) is 4. The monoisotopic (exact) mass is 359 g/mol. The molecule has 0 saturated carbocycles. The molecule has 0 unspecified atom stereocenters. The molecule has 5 heteroatoms. The number of unbranched alkanes of at least 4 members (excludes halogenated alkanes) is 1. The Bertz CT molecular complexity index is 413. The normalized spacial score (nSPS) is 10.7. The van der Waals surface area contributed by atoms with E-state index >= 15 is 0 Å². The lowest BCUT2D eigenvalue weighted by Crippen LogP contribution is -2.15. The van der Waals surface area contributed by atoms with Gasteiger partial charge in [-0.15, -0.1) is 0 Å². The zero-order chi connectivity index (χ0) is 15.5. The maximum absolute atomic E-state index is 8.76. The molecule has 0 saturated heterocycles. The molecule has 0 heterocycles. The summed E-state index contributed by atoms with van der Waals surface area (Å²) in [5, 5.41) is 12.1. The molecule has 0 atom stereocenters. The van der Waals surface area contributed by atoms with Crippen LogP contribution in [0.5, 0.6) is 11.5 Å². The van der Waals surface area contributed by atoms with Crippen molar-refractivity contribution in [3.63, 3.8) is 0 Å². The first-order valence-corrected chi connectivity index (χ1v) is 8.41. The third kappa shape index (κ3) is 6.68. The fourth-order valence-electron chi connectivity index (χ4n) is 1.89. The van der Waals surface area contributed by atoms with E-state index in [4.69, 9.17) is 14.6 Å². The van der Waals surface area contributed by atoms with Gasteiger partial charge in [0.25, 0.3) is 0 Å². The topological polar surface area (TPSA) is 50.7 Å². The zero-order valence-electron chi connectivity index (χ0n) is 13.0. The first-order valence-electron chi connectivity index (χ1n) is 7.62. The van der Waals surface area contributed by atoms with Crippen LogP contribution >= 0.6 is 15.9 Å². The summed E-state index contributed by atoms with van der Waals surface area (Å²) in [5.74, 6) is 1.58. The van der Waals surface area contributed by atoms with Gasteiger partial charge < -0.3 is 19.9 Å². The van der Waals surface area contributed by atoms with E-state index in [0.717, 1.165) is 53.9 Å². The molecule has 0 bridgehead atoms. The summed E-state index contributed by atoms with van der Waals surface area (Å²) >= 11 is 3.59. The number of benzene rings is 1. The molecule has 0 aliphatic heterocycles. The van der Waals surface area contributed by atoms with Crippen LogP contribution in [0, 0.1) is 0 Å². The number of rotatable bonds is 11. The summed E-state index contributed by atoms with van der Waals surface area (Å²) in [7, 11) is 0. The standard InChI is InChI=1S/C16H26BrNO3/c1-3-9-21-16-11-14(17)13(10-15(16)20-4-2)12-18-7-5-6-8-19/h10-11,18-19H,3-9,12H2,1-2H3. The van der Waals surface area contributed by atoms with Crippen LogP contribution in [0.2, 0.25) is 0 Å². The number of aliphatic hydroxyl groups is 1. The Morgan fingerprint density at radius 1 is 1.14 bits per heavy atom. The van der Waals surface area contributed by atoms with Crippen molar-refractivity contribution < 1.29 is 14.6 Å². The third-order valence-electron chi connectivity index (χ3n) is 2.95. The van der Waals surface area contributed by atoms with Gasteiger partial charge in [-0.2, -0.15) is 0 Å². The van der Waals surface area contributed by atoms with E-state index in [0.29, 0.717) is 13.2 Å². The average molecular weight is 360 g/mol. The van der Waals surface area contributed by atoms with Crippen molar-refractivity contribution in [2.75, 3.05) is 26.4 Å². The second kappa shape index (κ2) is 10.9.